The van der Waals surface area contributed by atoms with Crippen LogP contribution in [0.1, 0.15) is 16.1 Å². The smallest absolute Gasteiger partial charge is 0.275 e. The van der Waals surface area contributed by atoms with Gasteiger partial charge in [0.25, 0.3) is 5.91 Å². The number of thiazole rings is 1. The van der Waals surface area contributed by atoms with E-state index in [0.717, 1.165) is 11.3 Å². The summed E-state index contributed by atoms with van der Waals surface area (Å²) in [6.45, 7) is 0.460. The molecule has 1 aromatic heterocycles. The van der Waals surface area contributed by atoms with Crippen LogP contribution in [0.5, 0.6) is 5.75 Å². The van der Waals surface area contributed by atoms with E-state index >= 15 is 0 Å². The van der Waals surface area contributed by atoms with E-state index in [1.165, 1.54) is 11.3 Å². The van der Waals surface area contributed by atoms with E-state index in [0.29, 0.717) is 23.0 Å². The molecule has 0 aliphatic carbocycles. The highest BCUT2D eigenvalue weighted by Gasteiger charge is 2.07. The molecule has 0 unspecified atom stereocenters. The molecule has 1 heterocycles. The average Bonchev–Trinajstić information content (AvgIpc) is 3.10. The van der Waals surface area contributed by atoms with Gasteiger partial charge in [0.15, 0.2) is 0 Å². The number of benzene rings is 2. The highest BCUT2D eigenvalue weighted by molar-refractivity contribution is 7.07. The molecule has 23 heavy (non-hydrogen) atoms. The van der Waals surface area contributed by atoms with Crippen molar-refractivity contribution in [3.05, 3.63) is 75.7 Å². The second kappa shape index (κ2) is 7.26. The van der Waals surface area contributed by atoms with Gasteiger partial charge in [-0.2, -0.15) is 0 Å². The van der Waals surface area contributed by atoms with Crippen LogP contribution in [0.25, 0.3) is 0 Å². The summed E-state index contributed by atoms with van der Waals surface area (Å²) >= 11 is 7.23. The Kier molecular flexibility index (Phi) is 4.90. The molecule has 0 aliphatic heterocycles. The number of rotatable bonds is 5. The molecule has 0 saturated carbocycles. The second-order valence-electron chi connectivity index (χ2n) is 4.77. The minimum absolute atomic E-state index is 0.221. The van der Waals surface area contributed by atoms with Crippen molar-refractivity contribution < 1.29 is 9.53 Å². The second-order valence-corrected chi connectivity index (χ2v) is 5.92. The molecule has 1 amide bonds. The van der Waals surface area contributed by atoms with Crippen molar-refractivity contribution in [1.29, 1.82) is 0 Å². The van der Waals surface area contributed by atoms with Gasteiger partial charge < -0.3 is 10.1 Å². The normalized spacial score (nSPS) is 10.3. The molecule has 0 radical (unpaired) electrons. The molecular formula is C17H13ClN2O2S. The Morgan fingerprint density at radius 2 is 1.87 bits per heavy atom. The Balaban J connectivity index is 1.56. The molecule has 1 N–H and O–H groups in total. The molecule has 0 bridgehead atoms. The Morgan fingerprint density at radius 1 is 1.13 bits per heavy atom. The predicted octanol–water partition coefficient (Wildman–Crippen LogP) is 4.63. The summed E-state index contributed by atoms with van der Waals surface area (Å²) in [5, 5.41) is 5.20. The van der Waals surface area contributed by atoms with Crippen molar-refractivity contribution in [3.63, 3.8) is 0 Å². The third kappa shape index (κ3) is 4.31. The van der Waals surface area contributed by atoms with E-state index in [2.05, 4.69) is 10.3 Å². The zero-order chi connectivity index (χ0) is 16.1. The largest absolute Gasteiger partial charge is 0.489 e. The summed E-state index contributed by atoms with van der Waals surface area (Å²) in [5.74, 6) is 0.507. The van der Waals surface area contributed by atoms with Crippen LogP contribution in [-0.2, 0) is 6.61 Å². The number of hydrogen-bond donors (Lipinski definition) is 1. The molecule has 2 aromatic carbocycles. The van der Waals surface area contributed by atoms with Crippen LogP contribution >= 0.6 is 22.9 Å². The topological polar surface area (TPSA) is 51.2 Å². The monoisotopic (exact) mass is 344 g/mol. The van der Waals surface area contributed by atoms with Crippen molar-refractivity contribution in [2.24, 2.45) is 0 Å². The Bertz CT molecular complexity index is 771. The number of anilines is 1. The fourth-order valence-corrected chi connectivity index (χ4v) is 2.56. The summed E-state index contributed by atoms with van der Waals surface area (Å²) in [4.78, 5) is 15.9. The summed E-state index contributed by atoms with van der Waals surface area (Å²) in [6.07, 6.45) is 0. The molecule has 116 valence electrons. The van der Waals surface area contributed by atoms with Crippen molar-refractivity contribution in [3.8, 4) is 5.75 Å². The predicted molar refractivity (Wildman–Crippen MR) is 92.3 cm³/mol. The summed E-state index contributed by atoms with van der Waals surface area (Å²) < 4.78 is 5.70. The lowest BCUT2D eigenvalue weighted by Crippen LogP contribution is -2.11. The van der Waals surface area contributed by atoms with Gasteiger partial charge in [0.1, 0.15) is 18.1 Å². The number of carbonyl (C=O) groups excluding carboxylic acids is 1. The fraction of sp³-hybridized carbons (Fsp3) is 0.0588. The van der Waals surface area contributed by atoms with Gasteiger partial charge in [-0.1, -0.05) is 23.7 Å². The summed E-state index contributed by atoms with van der Waals surface area (Å²) in [6, 6.07) is 14.7. The van der Waals surface area contributed by atoms with Gasteiger partial charge in [0.05, 0.1) is 5.51 Å². The SMILES string of the molecule is O=C(Nc1ccc(OCc2ccc(Cl)cc2)cc1)c1cscn1. The zero-order valence-corrected chi connectivity index (χ0v) is 13.6. The minimum Gasteiger partial charge on any atom is -0.489 e. The molecule has 0 fully saturated rings. The van der Waals surface area contributed by atoms with Crippen LogP contribution in [-0.4, -0.2) is 10.9 Å². The first-order chi connectivity index (χ1) is 11.2. The van der Waals surface area contributed by atoms with E-state index in [1.54, 1.807) is 23.0 Å². The number of hydrogen-bond acceptors (Lipinski definition) is 4. The Morgan fingerprint density at radius 3 is 2.52 bits per heavy atom. The lowest BCUT2D eigenvalue weighted by atomic mass is 10.2. The number of nitrogens with zero attached hydrogens (tertiary/aromatic N) is 1. The van der Waals surface area contributed by atoms with Crippen molar-refractivity contribution in [2.75, 3.05) is 5.32 Å². The number of carbonyl (C=O) groups is 1. The molecule has 4 nitrogen and oxygen atoms in total. The third-order valence-electron chi connectivity index (χ3n) is 3.10. The van der Waals surface area contributed by atoms with Crippen LogP contribution < -0.4 is 10.1 Å². The van der Waals surface area contributed by atoms with Gasteiger partial charge in [0.2, 0.25) is 0 Å². The lowest BCUT2D eigenvalue weighted by Gasteiger charge is -2.08. The molecule has 3 rings (SSSR count). The van der Waals surface area contributed by atoms with Gasteiger partial charge in [-0.15, -0.1) is 11.3 Å². The van der Waals surface area contributed by atoms with Gasteiger partial charge in [0, 0.05) is 16.1 Å². The van der Waals surface area contributed by atoms with Gasteiger partial charge >= 0.3 is 0 Å². The number of halogens is 1. The molecular weight excluding hydrogens is 332 g/mol. The third-order valence-corrected chi connectivity index (χ3v) is 3.93. The Hall–Kier alpha value is -2.37. The maximum atomic E-state index is 11.9. The number of amides is 1. The molecule has 0 aliphatic rings. The minimum atomic E-state index is -0.221. The highest BCUT2D eigenvalue weighted by Crippen LogP contribution is 2.18. The fourth-order valence-electron chi connectivity index (χ4n) is 1.90. The molecule has 0 saturated heterocycles. The van der Waals surface area contributed by atoms with Crippen LogP contribution in [0.15, 0.2) is 59.4 Å². The maximum Gasteiger partial charge on any atom is 0.275 e. The number of ether oxygens (including phenoxy) is 1. The maximum absolute atomic E-state index is 11.9. The van der Waals surface area contributed by atoms with E-state index in [1.807, 2.05) is 36.4 Å². The van der Waals surface area contributed by atoms with E-state index in [9.17, 15) is 4.79 Å². The van der Waals surface area contributed by atoms with Crippen LogP contribution in [0.3, 0.4) is 0 Å². The van der Waals surface area contributed by atoms with Crippen molar-refractivity contribution >= 4 is 34.5 Å². The van der Waals surface area contributed by atoms with Gasteiger partial charge in [-0.3, -0.25) is 4.79 Å². The van der Waals surface area contributed by atoms with Crippen molar-refractivity contribution in [2.45, 2.75) is 6.61 Å². The van der Waals surface area contributed by atoms with Crippen LogP contribution in [0.4, 0.5) is 5.69 Å². The zero-order valence-electron chi connectivity index (χ0n) is 12.0. The van der Waals surface area contributed by atoms with Crippen LogP contribution in [0.2, 0.25) is 5.02 Å². The first kappa shape index (κ1) is 15.5. The lowest BCUT2D eigenvalue weighted by molar-refractivity contribution is 0.102. The van der Waals surface area contributed by atoms with Gasteiger partial charge in [-0.05, 0) is 42.0 Å². The summed E-state index contributed by atoms with van der Waals surface area (Å²) in [7, 11) is 0. The first-order valence-electron chi connectivity index (χ1n) is 6.87. The Labute approximate surface area is 142 Å². The van der Waals surface area contributed by atoms with E-state index in [4.69, 9.17) is 16.3 Å². The molecule has 6 heteroatoms. The van der Waals surface area contributed by atoms with Crippen molar-refractivity contribution in [1.82, 2.24) is 4.98 Å². The molecule has 3 aromatic rings. The molecule has 0 spiro atoms. The van der Waals surface area contributed by atoms with E-state index < -0.39 is 0 Å². The highest BCUT2D eigenvalue weighted by atomic mass is 35.5. The molecule has 0 atom stereocenters. The average molecular weight is 345 g/mol. The van der Waals surface area contributed by atoms with Crippen LogP contribution in [0, 0.1) is 0 Å². The van der Waals surface area contributed by atoms with Gasteiger partial charge in [-0.25, -0.2) is 4.98 Å². The number of aromatic nitrogens is 1. The van der Waals surface area contributed by atoms with E-state index in [-0.39, 0.29) is 5.91 Å². The first-order valence-corrected chi connectivity index (χ1v) is 8.19. The summed E-state index contributed by atoms with van der Waals surface area (Å²) in [5.41, 5.74) is 3.78. The quantitative estimate of drug-likeness (QED) is 0.734. The standard InChI is InChI=1S/C17H13ClN2O2S/c18-13-3-1-12(2-4-13)9-22-15-7-5-14(6-8-15)20-17(21)16-10-23-11-19-16/h1-8,10-11H,9H2,(H,20,21). The number of nitrogens with one attached hydrogen (secondary N) is 1.